The number of carbonyl (C=O) groups is 2. The first-order chi connectivity index (χ1) is 12.2. The molecule has 0 spiro atoms. The fourth-order valence-corrected chi connectivity index (χ4v) is 2.61. The molecular weight excluding hydrogens is 314 g/mol. The summed E-state index contributed by atoms with van der Waals surface area (Å²) < 4.78 is 0. The minimum absolute atomic E-state index is 0.0543. The van der Waals surface area contributed by atoms with Crippen LogP contribution in [0.4, 0.5) is 0 Å². The largest absolute Gasteiger partial charge is 0.351 e. The third kappa shape index (κ3) is 4.26. The minimum atomic E-state index is -0.293. The van der Waals surface area contributed by atoms with Crippen LogP contribution in [0.3, 0.4) is 0 Å². The third-order valence-electron chi connectivity index (χ3n) is 4.10. The molecular formula is C20H21N3O2. The van der Waals surface area contributed by atoms with Crippen molar-refractivity contribution in [2.75, 3.05) is 6.54 Å². The molecule has 1 aromatic heterocycles. The highest BCUT2D eigenvalue weighted by atomic mass is 16.2. The van der Waals surface area contributed by atoms with Crippen molar-refractivity contribution in [3.8, 4) is 0 Å². The Labute approximate surface area is 146 Å². The number of aromatic nitrogens is 1. The van der Waals surface area contributed by atoms with Crippen LogP contribution in [0.2, 0.25) is 0 Å². The summed E-state index contributed by atoms with van der Waals surface area (Å²) in [6.07, 6.45) is 0.992. The van der Waals surface area contributed by atoms with E-state index >= 15 is 0 Å². The van der Waals surface area contributed by atoms with Gasteiger partial charge in [-0.05, 0) is 29.7 Å². The molecule has 3 rings (SSSR count). The van der Waals surface area contributed by atoms with Crippen molar-refractivity contribution >= 4 is 22.7 Å². The van der Waals surface area contributed by atoms with Gasteiger partial charge in [0.25, 0.3) is 5.91 Å². The van der Waals surface area contributed by atoms with E-state index in [1.54, 1.807) is 6.07 Å². The van der Waals surface area contributed by atoms with Crippen molar-refractivity contribution in [2.45, 2.75) is 19.9 Å². The van der Waals surface area contributed by atoms with Crippen molar-refractivity contribution < 1.29 is 9.59 Å². The van der Waals surface area contributed by atoms with Crippen LogP contribution in [0.15, 0.2) is 54.6 Å². The molecule has 0 aliphatic carbocycles. The number of para-hydroxylation sites is 1. The maximum Gasteiger partial charge on any atom is 0.268 e. The van der Waals surface area contributed by atoms with Gasteiger partial charge in [0.1, 0.15) is 5.69 Å². The maximum absolute atomic E-state index is 12.1. The van der Waals surface area contributed by atoms with Crippen LogP contribution in [-0.2, 0) is 17.8 Å². The zero-order valence-electron chi connectivity index (χ0n) is 14.1. The summed E-state index contributed by atoms with van der Waals surface area (Å²) in [7, 11) is 0. The van der Waals surface area contributed by atoms with Gasteiger partial charge in [0, 0.05) is 17.4 Å². The maximum atomic E-state index is 12.1. The van der Waals surface area contributed by atoms with Crippen molar-refractivity contribution in [1.29, 1.82) is 0 Å². The SMILES string of the molecule is CCc1ccc(CNC(=O)CNC(=O)c2cc3ccccc3[nH]2)cc1. The molecule has 0 unspecified atom stereocenters. The predicted octanol–water partition coefficient (Wildman–Crippen LogP) is 2.78. The van der Waals surface area contributed by atoms with Gasteiger partial charge < -0.3 is 15.6 Å². The van der Waals surface area contributed by atoms with Crippen LogP contribution in [-0.4, -0.2) is 23.3 Å². The number of hydrogen-bond donors (Lipinski definition) is 3. The Morgan fingerprint density at radius 2 is 1.68 bits per heavy atom. The molecule has 1 heterocycles. The highest BCUT2D eigenvalue weighted by Crippen LogP contribution is 2.14. The van der Waals surface area contributed by atoms with E-state index < -0.39 is 0 Å². The van der Waals surface area contributed by atoms with Crippen LogP contribution < -0.4 is 10.6 Å². The minimum Gasteiger partial charge on any atom is -0.351 e. The van der Waals surface area contributed by atoms with E-state index in [2.05, 4.69) is 34.7 Å². The fraction of sp³-hybridized carbons (Fsp3) is 0.200. The van der Waals surface area contributed by atoms with Crippen molar-refractivity contribution in [3.63, 3.8) is 0 Å². The molecule has 5 nitrogen and oxygen atoms in total. The molecule has 3 N–H and O–H groups in total. The average molecular weight is 335 g/mol. The molecule has 5 heteroatoms. The molecule has 2 aromatic carbocycles. The Morgan fingerprint density at radius 3 is 2.40 bits per heavy atom. The number of hydrogen-bond acceptors (Lipinski definition) is 2. The van der Waals surface area contributed by atoms with E-state index in [1.165, 1.54) is 5.56 Å². The van der Waals surface area contributed by atoms with Crippen LogP contribution in [0, 0.1) is 0 Å². The average Bonchev–Trinajstić information content (AvgIpc) is 3.09. The lowest BCUT2D eigenvalue weighted by Crippen LogP contribution is -2.36. The number of nitrogens with one attached hydrogen (secondary N) is 3. The number of amides is 2. The summed E-state index contributed by atoms with van der Waals surface area (Å²) in [5.41, 5.74) is 3.64. The summed E-state index contributed by atoms with van der Waals surface area (Å²) >= 11 is 0. The first-order valence-corrected chi connectivity index (χ1v) is 8.36. The lowest BCUT2D eigenvalue weighted by atomic mass is 10.1. The van der Waals surface area contributed by atoms with Crippen molar-refractivity contribution in [1.82, 2.24) is 15.6 Å². The van der Waals surface area contributed by atoms with E-state index in [0.717, 1.165) is 22.9 Å². The quantitative estimate of drug-likeness (QED) is 0.648. The highest BCUT2D eigenvalue weighted by molar-refractivity contribution is 5.99. The van der Waals surface area contributed by atoms with E-state index in [0.29, 0.717) is 12.2 Å². The highest BCUT2D eigenvalue weighted by Gasteiger charge is 2.10. The zero-order valence-corrected chi connectivity index (χ0v) is 14.1. The van der Waals surface area contributed by atoms with Gasteiger partial charge in [0.15, 0.2) is 0 Å². The summed E-state index contributed by atoms with van der Waals surface area (Å²) in [4.78, 5) is 27.1. The number of aromatic amines is 1. The Bertz CT molecular complexity index is 848. The molecule has 2 amide bonds. The van der Waals surface area contributed by atoms with E-state index in [1.807, 2.05) is 36.4 Å². The second-order valence-corrected chi connectivity index (χ2v) is 5.90. The van der Waals surface area contributed by atoms with Gasteiger partial charge in [0.05, 0.1) is 6.54 Å². The number of rotatable bonds is 6. The van der Waals surface area contributed by atoms with Gasteiger partial charge in [-0.2, -0.15) is 0 Å². The van der Waals surface area contributed by atoms with E-state index in [9.17, 15) is 9.59 Å². The molecule has 0 saturated carbocycles. The molecule has 25 heavy (non-hydrogen) atoms. The molecule has 3 aromatic rings. The molecule has 0 aliphatic heterocycles. The molecule has 128 valence electrons. The molecule has 0 fully saturated rings. The van der Waals surface area contributed by atoms with Gasteiger partial charge in [-0.25, -0.2) is 0 Å². The van der Waals surface area contributed by atoms with Crippen LogP contribution in [0.25, 0.3) is 10.9 Å². The number of H-pyrrole nitrogens is 1. The van der Waals surface area contributed by atoms with Gasteiger partial charge in [-0.3, -0.25) is 9.59 Å². The standard InChI is InChI=1S/C20H21N3O2/c1-2-14-7-9-15(10-8-14)12-21-19(24)13-22-20(25)18-11-16-5-3-4-6-17(16)23-18/h3-11,23H,2,12-13H2,1H3,(H,21,24)(H,22,25). The normalized spacial score (nSPS) is 10.6. The number of benzene rings is 2. The molecule has 0 atom stereocenters. The van der Waals surface area contributed by atoms with E-state index in [4.69, 9.17) is 0 Å². The first-order valence-electron chi connectivity index (χ1n) is 8.36. The smallest absolute Gasteiger partial charge is 0.268 e. The van der Waals surface area contributed by atoms with Gasteiger partial charge in [-0.15, -0.1) is 0 Å². The lowest BCUT2D eigenvalue weighted by Gasteiger charge is -2.07. The summed E-state index contributed by atoms with van der Waals surface area (Å²) in [6, 6.07) is 17.5. The number of fused-ring (bicyclic) bond motifs is 1. The Hall–Kier alpha value is -3.08. The molecule has 0 saturated heterocycles. The van der Waals surface area contributed by atoms with Gasteiger partial charge in [-0.1, -0.05) is 49.4 Å². The molecule has 0 bridgehead atoms. The fourth-order valence-electron chi connectivity index (χ4n) is 2.61. The summed E-state index contributed by atoms with van der Waals surface area (Å²) in [5.74, 6) is -0.511. The topological polar surface area (TPSA) is 74.0 Å². The second-order valence-electron chi connectivity index (χ2n) is 5.90. The van der Waals surface area contributed by atoms with Crippen molar-refractivity contribution in [2.24, 2.45) is 0 Å². The van der Waals surface area contributed by atoms with Crippen molar-refractivity contribution in [3.05, 3.63) is 71.4 Å². The molecule has 0 radical (unpaired) electrons. The summed E-state index contributed by atoms with van der Waals surface area (Å²) in [6.45, 7) is 2.50. The summed E-state index contributed by atoms with van der Waals surface area (Å²) in [5, 5.41) is 6.40. The predicted molar refractivity (Wildman–Crippen MR) is 98.3 cm³/mol. The first kappa shape index (κ1) is 16.8. The van der Waals surface area contributed by atoms with Crippen LogP contribution >= 0.6 is 0 Å². The number of aryl methyl sites for hydroxylation is 1. The Kier molecular flexibility index (Phi) is 5.14. The third-order valence-corrected chi connectivity index (χ3v) is 4.10. The Balaban J connectivity index is 1.48. The monoisotopic (exact) mass is 335 g/mol. The lowest BCUT2D eigenvalue weighted by molar-refractivity contribution is -0.120. The zero-order chi connectivity index (χ0) is 17.6. The van der Waals surface area contributed by atoms with E-state index in [-0.39, 0.29) is 18.4 Å². The van der Waals surface area contributed by atoms with Crippen LogP contribution in [0.5, 0.6) is 0 Å². The molecule has 0 aliphatic rings. The van der Waals surface area contributed by atoms with Crippen LogP contribution in [0.1, 0.15) is 28.5 Å². The second kappa shape index (κ2) is 7.66. The van der Waals surface area contributed by atoms with Gasteiger partial charge >= 0.3 is 0 Å². The Morgan fingerprint density at radius 1 is 0.960 bits per heavy atom. The van der Waals surface area contributed by atoms with Gasteiger partial charge in [0.2, 0.25) is 5.91 Å². The number of carbonyl (C=O) groups excluding carboxylic acids is 2.